The molecule has 0 amide bonds. The van der Waals surface area contributed by atoms with E-state index in [1.54, 1.807) is 23.1 Å². The molecule has 8 nitrogen and oxygen atoms in total. The Morgan fingerprint density at radius 1 is 0.970 bits per heavy atom. The van der Waals surface area contributed by atoms with Gasteiger partial charge >= 0.3 is 0 Å². The van der Waals surface area contributed by atoms with Crippen molar-refractivity contribution in [1.82, 2.24) is 29.6 Å². The molecule has 9 heteroatoms. The topological polar surface area (TPSA) is 90.0 Å². The van der Waals surface area contributed by atoms with E-state index in [0.717, 1.165) is 23.2 Å². The molecule has 0 spiro atoms. The van der Waals surface area contributed by atoms with Crippen molar-refractivity contribution in [3.05, 3.63) is 106 Å². The van der Waals surface area contributed by atoms with Crippen LogP contribution in [0.5, 0.6) is 0 Å². The SMILES string of the molecule is O=c1cc(CNc2ccc(CCn3nnc(-c4ccccc4)n3)cc2)nc2ccc(Cl)cn12. The van der Waals surface area contributed by atoms with Gasteiger partial charge in [-0.3, -0.25) is 9.20 Å². The van der Waals surface area contributed by atoms with Gasteiger partial charge in [-0.2, -0.15) is 4.80 Å². The van der Waals surface area contributed by atoms with Crippen LogP contribution >= 0.6 is 11.6 Å². The summed E-state index contributed by atoms with van der Waals surface area (Å²) in [6.07, 6.45) is 2.36. The van der Waals surface area contributed by atoms with E-state index in [1.165, 1.54) is 10.5 Å². The molecule has 33 heavy (non-hydrogen) atoms. The van der Waals surface area contributed by atoms with Crippen LogP contribution in [0.1, 0.15) is 11.3 Å². The van der Waals surface area contributed by atoms with Crippen LogP contribution in [0.3, 0.4) is 0 Å². The van der Waals surface area contributed by atoms with Gasteiger partial charge in [-0.15, -0.1) is 10.2 Å². The summed E-state index contributed by atoms with van der Waals surface area (Å²) in [6, 6.07) is 22.9. The maximum atomic E-state index is 12.3. The molecular weight excluding hydrogens is 438 g/mol. The normalized spacial score (nSPS) is 11.1. The van der Waals surface area contributed by atoms with Crippen molar-refractivity contribution in [2.45, 2.75) is 19.5 Å². The first kappa shape index (κ1) is 20.8. The Labute approximate surface area is 194 Å². The van der Waals surface area contributed by atoms with Crippen molar-refractivity contribution < 1.29 is 0 Å². The number of tetrazole rings is 1. The lowest BCUT2D eigenvalue weighted by atomic mass is 10.1. The summed E-state index contributed by atoms with van der Waals surface area (Å²) in [4.78, 5) is 18.4. The number of anilines is 1. The monoisotopic (exact) mass is 457 g/mol. The zero-order chi connectivity index (χ0) is 22.6. The molecule has 5 rings (SSSR count). The van der Waals surface area contributed by atoms with Crippen molar-refractivity contribution in [3.63, 3.8) is 0 Å². The maximum absolute atomic E-state index is 12.3. The third-order valence-corrected chi connectivity index (χ3v) is 5.41. The average molecular weight is 458 g/mol. The fourth-order valence-corrected chi connectivity index (χ4v) is 3.63. The van der Waals surface area contributed by atoms with Gasteiger partial charge in [0.15, 0.2) is 0 Å². The summed E-state index contributed by atoms with van der Waals surface area (Å²) in [7, 11) is 0. The molecule has 2 aromatic carbocycles. The molecule has 3 heterocycles. The van der Waals surface area contributed by atoms with Gasteiger partial charge in [0.2, 0.25) is 5.82 Å². The van der Waals surface area contributed by atoms with Crippen LogP contribution in [-0.2, 0) is 19.5 Å². The van der Waals surface area contributed by atoms with Gasteiger partial charge in [0, 0.05) is 23.5 Å². The summed E-state index contributed by atoms with van der Waals surface area (Å²) in [5, 5.41) is 16.5. The van der Waals surface area contributed by atoms with Crippen LogP contribution < -0.4 is 10.9 Å². The molecule has 0 radical (unpaired) electrons. The van der Waals surface area contributed by atoms with Crippen LogP contribution in [0, 0.1) is 0 Å². The number of hydrogen-bond acceptors (Lipinski definition) is 6. The largest absolute Gasteiger partial charge is 0.379 e. The van der Waals surface area contributed by atoms with E-state index in [-0.39, 0.29) is 5.56 Å². The zero-order valence-corrected chi connectivity index (χ0v) is 18.4. The highest BCUT2D eigenvalue weighted by Crippen LogP contribution is 2.14. The number of aryl methyl sites for hydroxylation is 2. The van der Waals surface area contributed by atoms with E-state index < -0.39 is 0 Å². The maximum Gasteiger partial charge on any atom is 0.258 e. The lowest BCUT2D eigenvalue weighted by Gasteiger charge is -2.08. The fourth-order valence-electron chi connectivity index (χ4n) is 3.47. The minimum Gasteiger partial charge on any atom is -0.379 e. The van der Waals surface area contributed by atoms with Gasteiger partial charge in [0.25, 0.3) is 5.56 Å². The van der Waals surface area contributed by atoms with Crippen LogP contribution in [0.2, 0.25) is 5.02 Å². The van der Waals surface area contributed by atoms with E-state index in [4.69, 9.17) is 11.6 Å². The first-order valence-electron chi connectivity index (χ1n) is 10.5. The number of pyridine rings is 1. The second-order valence-corrected chi connectivity index (χ2v) is 7.97. The third-order valence-electron chi connectivity index (χ3n) is 5.19. The van der Waals surface area contributed by atoms with E-state index in [2.05, 4.69) is 37.8 Å². The standard InChI is InChI=1S/C24H20ClN7O/c25-19-8-11-22-27-21(14-23(33)31(22)16-19)15-26-20-9-6-17(7-10-20)12-13-32-29-24(28-30-32)18-4-2-1-3-5-18/h1-11,14,16,26H,12-13,15H2. The number of halogens is 1. The average Bonchev–Trinajstić information content (AvgIpc) is 3.32. The Balaban J connectivity index is 1.18. The smallest absolute Gasteiger partial charge is 0.258 e. The van der Waals surface area contributed by atoms with Crippen molar-refractivity contribution in [3.8, 4) is 11.4 Å². The predicted molar refractivity (Wildman–Crippen MR) is 127 cm³/mol. The van der Waals surface area contributed by atoms with Gasteiger partial charge in [0.05, 0.1) is 23.8 Å². The Kier molecular flexibility index (Phi) is 5.82. The second-order valence-electron chi connectivity index (χ2n) is 7.54. The summed E-state index contributed by atoms with van der Waals surface area (Å²) in [6.45, 7) is 1.08. The van der Waals surface area contributed by atoms with Gasteiger partial charge in [0.1, 0.15) is 5.65 Å². The van der Waals surface area contributed by atoms with Gasteiger partial charge < -0.3 is 5.32 Å². The molecular formula is C24H20ClN7O. The highest BCUT2D eigenvalue weighted by atomic mass is 35.5. The van der Waals surface area contributed by atoms with E-state index in [9.17, 15) is 4.79 Å². The number of fused-ring (bicyclic) bond motifs is 1. The summed E-state index contributed by atoms with van der Waals surface area (Å²) in [5.41, 5.74) is 4.13. The molecule has 0 saturated carbocycles. The molecule has 0 aliphatic carbocycles. The zero-order valence-electron chi connectivity index (χ0n) is 17.6. The second kappa shape index (κ2) is 9.22. The highest BCUT2D eigenvalue weighted by molar-refractivity contribution is 6.30. The van der Waals surface area contributed by atoms with E-state index in [1.807, 2.05) is 42.5 Å². The molecule has 0 aliphatic heterocycles. The first-order chi connectivity index (χ1) is 16.1. The molecule has 0 bridgehead atoms. The lowest BCUT2D eigenvalue weighted by molar-refractivity contribution is 0.523. The van der Waals surface area contributed by atoms with Gasteiger partial charge in [-0.05, 0) is 41.5 Å². The summed E-state index contributed by atoms with van der Waals surface area (Å²) < 4.78 is 1.44. The number of aromatic nitrogens is 6. The van der Waals surface area contributed by atoms with Gasteiger partial charge in [-0.25, -0.2) is 4.98 Å². The van der Waals surface area contributed by atoms with Crippen molar-refractivity contribution in [1.29, 1.82) is 0 Å². The van der Waals surface area contributed by atoms with Crippen LogP contribution in [0.25, 0.3) is 17.0 Å². The van der Waals surface area contributed by atoms with Crippen molar-refractivity contribution in [2.75, 3.05) is 5.32 Å². The quantitative estimate of drug-likeness (QED) is 0.399. The Hall–Kier alpha value is -4.04. The number of hydrogen-bond donors (Lipinski definition) is 1. The number of rotatable bonds is 7. The molecule has 0 fully saturated rings. The molecule has 5 aromatic rings. The molecule has 1 N–H and O–H groups in total. The van der Waals surface area contributed by atoms with Crippen LogP contribution in [0.4, 0.5) is 5.69 Å². The Morgan fingerprint density at radius 2 is 1.79 bits per heavy atom. The molecule has 0 saturated heterocycles. The third kappa shape index (κ3) is 4.91. The Morgan fingerprint density at radius 3 is 2.61 bits per heavy atom. The lowest BCUT2D eigenvalue weighted by Crippen LogP contribution is -2.16. The molecule has 0 unspecified atom stereocenters. The van der Waals surface area contributed by atoms with Gasteiger partial charge in [-0.1, -0.05) is 54.1 Å². The fraction of sp³-hybridized carbons (Fsp3) is 0.125. The number of nitrogens with one attached hydrogen (secondary N) is 1. The van der Waals surface area contributed by atoms with E-state index >= 15 is 0 Å². The first-order valence-corrected chi connectivity index (χ1v) is 10.9. The highest BCUT2D eigenvalue weighted by Gasteiger charge is 2.06. The molecule has 0 aliphatic rings. The van der Waals surface area contributed by atoms with Crippen LogP contribution in [0.15, 0.2) is 83.8 Å². The minimum absolute atomic E-state index is 0.160. The molecule has 164 valence electrons. The van der Waals surface area contributed by atoms with Crippen LogP contribution in [-0.4, -0.2) is 29.6 Å². The molecule has 0 atom stereocenters. The van der Waals surface area contributed by atoms with E-state index in [0.29, 0.717) is 35.3 Å². The summed E-state index contributed by atoms with van der Waals surface area (Å²) in [5.74, 6) is 0.625. The van der Waals surface area contributed by atoms with Crippen molar-refractivity contribution in [2.24, 2.45) is 0 Å². The van der Waals surface area contributed by atoms with Crippen molar-refractivity contribution >= 4 is 22.9 Å². The number of benzene rings is 2. The minimum atomic E-state index is -0.160. The predicted octanol–water partition coefficient (Wildman–Crippen LogP) is 3.86. The Bertz CT molecular complexity index is 1450. The summed E-state index contributed by atoms with van der Waals surface area (Å²) >= 11 is 5.96. The number of nitrogens with zero attached hydrogens (tertiary/aromatic N) is 6. The molecule has 3 aromatic heterocycles.